The number of rotatable bonds is 0. The van der Waals surface area contributed by atoms with Crippen molar-refractivity contribution in [2.75, 3.05) is 18.1 Å². The van der Waals surface area contributed by atoms with Crippen molar-refractivity contribution >= 4 is 24.2 Å². The SMILES string of the molecule is Cl.FC1(F)CCNC2(CCSCC2)C1. The van der Waals surface area contributed by atoms with Crippen LogP contribution in [0.1, 0.15) is 25.7 Å². The lowest BCUT2D eigenvalue weighted by Gasteiger charge is -2.44. The van der Waals surface area contributed by atoms with E-state index in [0.717, 1.165) is 24.3 Å². The van der Waals surface area contributed by atoms with Gasteiger partial charge in [0.15, 0.2) is 0 Å². The third-order valence-electron chi connectivity index (χ3n) is 3.04. The predicted molar refractivity (Wildman–Crippen MR) is 58.7 cm³/mol. The first-order chi connectivity index (χ1) is 6.12. The summed E-state index contributed by atoms with van der Waals surface area (Å²) >= 11 is 1.88. The van der Waals surface area contributed by atoms with E-state index in [1.165, 1.54) is 0 Å². The van der Waals surface area contributed by atoms with Crippen molar-refractivity contribution in [1.82, 2.24) is 5.32 Å². The molecule has 1 nitrogen and oxygen atoms in total. The van der Waals surface area contributed by atoms with Crippen LogP contribution in [0.5, 0.6) is 0 Å². The van der Waals surface area contributed by atoms with Crippen LogP contribution in [0.25, 0.3) is 0 Å². The van der Waals surface area contributed by atoms with Crippen molar-refractivity contribution in [1.29, 1.82) is 0 Å². The Balaban J connectivity index is 0.000000980. The minimum absolute atomic E-state index is 0. The van der Waals surface area contributed by atoms with Gasteiger partial charge in [-0.1, -0.05) is 0 Å². The highest BCUT2D eigenvalue weighted by Gasteiger charge is 2.45. The summed E-state index contributed by atoms with van der Waals surface area (Å²) in [6.45, 7) is 0.484. The summed E-state index contributed by atoms with van der Waals surface area (Å²) < 4.78 is 26.4. The Morgan fingerprint density at radius 1 is 1.07 bits per heavy atom. The largest absolute Gasteiger partial charge is 0.311 e. The number of thioether (sulfide) groups is 1. The van der Waals surface area contributed by atoms with Gasteiger partial charge in [-0.25, -0.2) is 8.78 Å². The van der Waals surface area contributed by atoms with Gasteiger partial charge in [0.1, 0.15) is 0 Å². The van der Waals surface area contributed by atoms with Crippen LogP contribution >= 0.6 is 24.2 Å². The fourth-order valence-corrected chi connectivity index (χ4v) is 3.55. The third kappa shape index (κ3) is 2.74. The molecule has 5 heteroatoms. The van der Waals surface area contributed by atoms with E-state index in [4.69, 9.17) is 0 Å². The number of hydrogen-bond donors (Lipinski definition) is 1. The molecule has 0 saturated carbocycles. The summed E-state index contributed by atoms with van der Waals surface area (Å²) in [5.41, 5.74) is -0.229. The summed E-state index contributed by atoms with van der Waals surface area (Å²) in [5.74, 6) is -0.362. The van der Waals surface area contributed by atoms with E-state index >= 15 is 0 Å². The van der Waals surface area contributed by atoms with E-state index in [2.05, 4.69) is 5.32 Å². The molecule has 2 aliphatic rings. The molecule has 0 aliphatic carbocycles. The van der Waals surface area contributed by atoms with E-state index in [0.29, 0.717) is 6.54 Å². The Morgan fingerprint density at radius 2 is 1.71 bits per heavy atom. The maximum absolute atomic E-state index is 13.2. The molecule has 0 amide bonds. The number of hydrogen-bond acceptors (Lipinski definition) is 2. The van der Waals surface area contributed by atoms with Crippen molar-refractivity contribution in [3.05, 3.63) is 0 Å². The van der Waals surface area contributed by atoms with E-state index in [1.54, 1.807) is 0 Å². The number of alkyl halides is 2. The zero-order valence-electron chi connectivity index (χ0n) is 8.02. The standard InChI is InChI=1S/C9H15F2NS.ClH/c10-9(11)1-4-12-8(7-9)2-5-13-6-3-8;/h12H,1-7H2;1H. The summed E-state index contributed by atoms with van der Waals surface area (Å²) in [5, 5.41) is 3.30. The second kappa shape index (κ2) is 4.54. The molecular formula is C9H16ClF2NS. The second-order valence-corrected chi connectivity index (χ2v) is 5.33. The van der Waals surface area contributed by atoms with Crippen molar-refractivity contribution in [3.63, 3.8) is 0 Å². The predicted octanol–water partition coefficient (Wildman–Crippen LogP) is 2.69. The van der Waals surface area contributed by atoms with Gasteiger partial charge in [0.2, 0.25) is 0 Å². The van der Waals surface area contributed by atoms with Gasteiger partial charge in [0, 0.05) is 24.9 Å². The summed E-state index contributed by atoms with van der Waals surface area (Å²) in [4.78, 5) is 0. The van der Waals surface area contributed by atoms with Gasteiger partial charge in [0.05, 0.1) is 0 Å². The Morgan fingerprint density at radius 3 is 2.29 bits per heavy atom. The quantitative estimate of drug-likeness (QED) is 0.702. The molecule has 84 valence electrons. The van der Waals surface area contributed by atoms with Crippen LogP contribution in [0.2, 0.25) is 0 Å². The highest BCUT2D eigenvalue weighted by atomic mass is 35.5. The molecule has 0 radical (unpaired) electrons. The summed E-state index contributed by atoms with van der Waals surface area (Å²) in [6, 6.07) is 0. The summed E-state index contributed by atoms with van der Waals surface area (Å²) in [6.07, 6.45) is 1.89. The van der Waals surface area contributed by atoms with E-state index < -0.39 is 5.92 Å². The molecule has 0 aromatic heterocycles. The fraction of sp³-hybridized carbons (Fsp3) is 1.00. The van der Waals surface area contributed by atoms with E-state index in [9.17, 15) is 8.78 Å². The first-order valence-electron chi connectivity index (χ1n) is 4.83. The first-order valence-corrected chi connectivity index (χ1v) is 5.98. The number of piperidine rings is 1. The van der Waals surface area contributed by atoms with Gasteiger partial charge in [-0.05, 0) is 24.3 Å². The minimum atomic E-state index is -2.42. The van der Waals surface area contributed by atoms with Gasteiger partial charge in [-0.3, -0.25) is 0 Å². The average Bonchev–Trinajstić information content (AvgIpc) is 2.03. The topological polar surface area (TPSA) is 12.0 Å². The molecule has 2 heterocycles. The molecule has 2 fully saturated rings. The van der Waals surface area contributed by atoms with Crippen molar-refractivity contribution in [2.24, 2.45) is 0 Å². The zero-order valence-corrected chi connectivity index (χ0v) is 9.66. The monoisotopic (exact) mass is 243 g/mol. The van der Waals surface area contributed by atoms with Crippen molar-refractivity contribution < 1.29 is 8.78 Å². The van der Waals surface area contributed by atoms with Crippen molar-refractivity contribution in [2.45, 2.75) is 37.1 Å². The fourth-order valence-electron chi connectivity index (χ4n) is 2.27. The molecule has 0 aromatic carbocycles. The smallest absolute Gasteiger partial charge is 0.251 e. The lowest BCUT2D eigenvalue weighted by Crippen LogP contribution is -2.56. The molecule has 0 aromatic rings. The van der Waals surface area contributed by atoms with Gasteiger partial charge < -0.3 is 5.32 Å². The molecule has 0 bridgehead atoms. The van der Waals surface area contributed by atoms with Crippen LogP contribution < -0.4 is 5.32 Å². The first kappa shape index (κ1) is 12.5. The molecule has 2 saturated heterocycles. The van der Waals surface area contributed by atoms with E-state index in [-0.39, 0.29) is 30.8 Å². The van der Waals surface area contributed by atoms with Crippen LogP contribution in [-0.4, -0.2) is 29.5 Å². The van der Waals surface area contributed by atoms with Crippen LogP contribution in [-0.2, 0) is 0 Å². The lowest BCUT2D eigenvalue weighted by molar-refractivity contribution is -0.0650. The maximum Gasteiger partial charge on any atom is 0.251 e. The average molecular weight is 244 g/mol. The molecule has 2 aliphatic heterocycles. The Kier molecular flexibility index (Phi) is 4.06. The van der Waals surface area contributed by atoms with Crippen LogP contribution in [0.4, 0.5) is 8.78 Å². The van der Waals surface area contributed by atoms with Gasteiger partial charge >= 0.3 is 0 Å². The minimum Gasteiger partial charge on any atom is -0.311 e. The maximum atomic E-state index is 13.2. The molecular weight excluding hydrogens is 228 g/mol. The normalized spacial score (nSPS) is 29.6. The second-order valence-electron chi connectivity index (χ2n) is 4.10. The molecule has 1 spiro atoms. The van der Waals surface area contributed by atoms with Gasteiger partial charge in [-0.2, -0.15) is 11.8 Å². The molecule has 0 atom stereocenters. The lowest BCUT2D eigenvalue weighted by atomic mass is 9.82. The van der Waals surface area contributed by atoms with Crippen molar-refractivity contribution in [3.8, 4) is 0 Å². The third-order valence-corrected chi connectivity index (χ3v) is 4.02. The van der Waals surface area contributed by atoms with Crippen LogP contribution in [0.3, 0.4) is 0 Å². The molecule has 1 N–H and O–H groups in total. The van der Waals surface area contributed by atoms with Crippen LogP contribution in [0, 0.1) is 0 Å². The molecule has 14 heavy (non-hydrogen) atoms. The van der Waals surface area contributed by atoms with Gasteiger partial charge in [-0.15, -0.1) is 12.4 Å². The Labute approximate surface area is 93.8 Å². The highest BCUT2D eigenvalue weighted by Crippen LogP contribution is 2.40. The molecule has 0 unspecified atom stereocenters. The zero-order chi connectivity index (χ0) is 9.36. The van der Waals surface area contributed by atoms with E-state index in [1.807, 2.05) is 11.8 Å². The number of nitrogens with one attached hydrogen (secondary N) is 1. The Bertz CT molecular complexity index is 190. The van der Waals surface area contributed by atoms with Gasteiger partial charge in [0.25, 0.3) is 5.92 Å². The number of halogens is 3. The van der Waals surface area contributed by atoms with Crippen LogP contribution in [0.15, 0.2) is 0 Å². The summed E-state index contributed by atoms with van der Waals surface area (Å²) in [7, 11) is 0. The molecule has 2 rings (SSSR count). The highest BCUT2D eigenvalue weighted by molar-refractivity contribution is 7.99. The Hall–Kier alpha value is 0.460.